The molecule has 35 heavy (non-hydrogen) atoms. The largest absolute Gasteiger partial charge is 0.534 e. The van der Waals surface area contributed by atoms with E-state index in [2.05, 4.69) is 29.5 Å². The van der Waals surface area contributed by atoms with E-state index in [-0.39, 0.29) is 18.4 Å². The third-order valence-electron chi connectivity index (χ3n) is 5.48. The number of carbonyl (C=O) groups excluding carboxylic acids is 2. The standard InChI is InChI=1S/C27H38N4O4/c1-18(2)21-22-23(19-13-9-10-14-20(19)29-21)30(17-28-22)15-11-12-16-31(24(32)26(3,4)5)35-25(33)34-27(6,7)8/h9-10,13-14,17-18H,11-12,15-16H2,1-8H3. The van der Waals surface area contributed by atoms with E-state index in [9.17, 15) is 9.59 Å². The number of fused-ring (bicyclic) bond motifs is 3. The van der Waals surface area contributed by atoms with Crippen LogP contribution in [0.2, 0.25) is 0 Å². The lowest BCUT2D eigenvalue weighted by atomic mass is 9.95. The quantitative estimate of drug-likeness (QED) is 0.235. The van der Waals surface area contributed by atoms with Crippen molar-refractivity contribution in [3.05, 3.63) is 36.3 Å². The van der Waals surface area contributed by atoms with Crippen LogP contribution in [0.25, 0.3) is 21.9 Å². The maximum Gasteiger partial charge on any atom is 0.534 e. The van der Waals surface area contributed by atoms with Gasteiger partial charge in [-0.3, -0.25) is 9.78 Å². The van der Waals surface area contributed by atoms with Crippen LogP contribution >= 0.6 is 0 Å². The van der Waals surface area contributed by atoms with E-state index in [1.165, 1.54) is 0 Å². The second kappa shape index (κ2) is 10.2. The Bertz CT molecular complexity index is 1200. The molecule has 0 aliphatic carbocycles. The molecule has 0 N–H and O–H groups in total. The number of amides is 1. The Hall–Kier alpha value is -3.16. The van der Waals surface area contributed by atoms with Gasteiger partial charge in [0.1, 0.15) is 11.1 Å². The fraction of sp³-hybridized carbons (Fsp3) is 0.556. The maximum absolute atomic E-state index is 12.9. The van der Waals surface area contributed by atoms with E-state index in [1.54, 1.807) is 41.5 Å². The maximum atomic E-state index is 12.9. The second-order valence-electron chi connectivity index (χ2n) is 11.2. The van der Waals surface area contributed by atoms with Gasteiger partial charge in [-0.05, 0) is 45.6 Å². The molecule has 2 aromatic heterocycles. The molecule has 3 rings (SSSR count). The summed E-state index contributed by atoms with van der Waals surface area (Å²) in [5, 5.41) is 2.21. The smallest absolute Gasteiger partial charge is 0.427 e. The van der Waals surface area contributed by atoms with Crippen LogP contribution < -0.4 is 0 Å². The summed E-state index contributed by atoms with van der Waals surface area (Å²) < 4.78 is 7.39. The van der Waals surface area contributed by atoms with Gasteiger partial charge in [-0.25, -0.2) is 9.78 Å². The Morgan fingerprint density at radius 3 is 2.37 bits per heavy atom. The van der Waals surface area contributed by atoms with Crippen molar-refractivity contribution < 1.29 is 19.2 Å². The van der Waals surface area contributed by atoms with E-state index < -0.39 is 17.2 Å². The third kappa shape index (κ3) is 6.50. The van der Waals surface area contributed by atoms with Gasteiger partial charge in [-0.15, -0.1) is 0 Å². The van der Waals surface area contributed by atoms with Crippen LogP contribution in [0.3, 0.4) is 0 Å². The van der Waals surface area contributed by atoms with Gasteiger partial charge in [-0.1, -0.05) is 52.8 Å². The van der Waals surface area contributed by atoms with Crippen molar-refractivity contribution >= 4 is 34.0 Å². The van der Waals surface area contributed by atoms with E-state index in [1.807, 2.05) is 24.5 Å². The first kappa shape index (κ1) is 26.4. The molecular formula is C27H38N4O4. The molecule has 0 atom stereocenters. The average molecular weight is 483 g/mol. The molecule has 0 bridgehead atoms. The lowest BCUT2D eigenvalue weighted by Gasteiger charge is -2.28. The number of unbranched alkanes of at least 4 members (excludes halogenated alkanes) is 1. The molecule has 0 spiro atoms. The second-order valence-corrected chi connectivity index (χ2v) is 11.2. The lowest BCUT2D eigenvalue weighted by Crippen LogP contribution is -2.42. The van der Waals surface area contributed by atoms with Crippen LogP contribution in [0.5, 0.6) is 0 Å². The molecule has 2 heterocycles. The molecule has 0 unspecified atom stereocenters. The van der Waals surface area contributed by atoms with Crippen molar-refractivity contribution in [2.24, 2.45) is 5.41 Å². The van der Waals surface area contributed by atoms with Gasteiger partial charge in [-0.2, -0.15) is 5.06 Å². The molecule has 3 aromatic rings. The number of imidazole rings is 1. The third-order valence-corrected chi connectivity index (χ3v) is 5.48. The zero-order valence-electron chi connectivity index (χ0n) is 22.2. The summed E-state index contributed by atoms with van der Waals surface area (Å²) in [7, 11) is 0. The molecule has 0 saturated heterocycles. The highest BCUT2D eigenvalue weighted by molar-refractivity contribution is 6.03. The summed E-state index contributed by atoms with van der Waals surface area (Å²) >= 11 is 0. The van der Waals surface area contributed by atoms with Crippen molar-refractivity contribution in [1.29, 1.82) is 0 Å². The van der Waals surface area contributed by atoms with Crippen molar-refractivity contribution in [2.45, 2.75) is 86.3 Å². The predicted octanol–water partition coefficient (Wildman–Crippen LogP) is 6.23. The highest BCUT2D eigenvalue weighted by Crippen LogP contribution is 2.29. The summed E-state index contributed by atoms with van der Waals surface area (Å²) in [6.45, 7) is 15.9. The van der Waals surface area contributed by atoms with Crippen LogP contribution in [0, 0.1) is 5.41 Å². The molecule has 1 aromatic carbocycles. The normalized spacial score (nSPS) is 12.4. The summed E-state index contributed by atoms with van der Waals surface area (Å²) in [4.78, 5) is 40.0. The van der Waals surface area contributed by atoms with Crippen LogP contribution in [-0.2, 0) is 20.9 Å². The molecule has 0 aliphatic heterocycles. The number of hydroxylamine groups is 2. The molecule has 0 aliphatic rings. The van der Waals surface area contributed by atoms with Crippen LogP contribution in [0.1, 0.15) is 79.8 Å². The number of hydrogen-bond acceptors (Lipinski definition) is 6. The first-order valence-electron chi connectivity index (χ1n) is 12.2. The lowest BCUT2D eigenvalue weighted by molar-refractivity contribution is -0.185. The molecule has 1 amide bonds. The molecule has 0 radical (unpaired) electrons. The zero-order chi connectivity index (χ0) is 26.0. The fourth-order valence-electron chi connectivity index (χ4n) is 3.84. The van der Waals surface area contributed by atoms with Gasteiger partial charge < -0.3 is 14.1 Å². The van der Waals surface area contributed by atoms with Crippen molar-refractivity contribution in [2.75, 3.05) is 6.54 Å². The van der Waals surface area contributed by atoms with Crippen molar-refractivity contribution in [3.8, 4) is 0 Å². The Balaban J connectivity index is 1.75. The number of nitrogens with zero attached hydrogens (tertiary/aromatic N) is 4. The van der Waals surface area contributed by atoms with E-state index in [0.717, 1.165) is 39.1 Å². The van der Waals surface area contributed by atoms with Gasteiger partial charge in [0.25, 0.3) is 5.91 Å². The van der Waals surface area contributed by atoms with Crippen LogP contribution in [0.4, 0.5) is 4.79 Å². The van der Waals surface area contributed by atoms with E-state index in [4.69, 9.17) is 14.6 Å². The first-order chi connectivity index (χ1) is 16.3. The first-order valence-corrected chi connectivity index (χ1v) is 12.2. The summed E-state index contributed by atoms with van der Waals surface area (Å²) in [6.07, 6.45) is 2.39. The molecule has 190 valence electrons. The van der Waals surface area contributed by atoms with Gasteiger partial charge in [0, 0.05) is 17.3 Å². The minimum absolute atomic E-state index is 0.257. The van der Waals surface area contributed by atoms with E-state index >= 15 is 0 Å². The Morgan fingerprint density at radius 1 is 1.06 bits per heavy atom. The number of para-hydroxylation sites is 1. The average Bonchev–Trinajstić information content (AvgIpc) is 3.17. The van der Waals surface area contributed by atoms with E-state index in [0.29, 0.717) is 13.0 Å². The van der Waals surface area contributed by atoms with Crippen LogP contribution in [-0.4, -0.2) is 43.8 Å². The number of ether oxygens (including phenoxy) is 1. The highest BCUT2D eigenvalue weighted by Gasteiger charge is 2.31. The molecule has 8 heteroatoms. The number of hydrogen-bond donors (Lipinski definition) is 0. The number of aryl methyl sites for hydroxylation is 1. The number of pyridine rings is 1. The molecule has 0 saturated carbocycles. The van der Waals surface area contributed by atoms with Gasteiger partial charge in [0.2, 0.25) is 0 Å². The zero-order valence-corrected chi connectivity index (χ0v) is 22.2. The Kier molecular flexibility index (Phi) is 7.72. The minimum atomic E-state index is -0.879. The number of benzene rings is 1. The fourth-order valence-corrected chi connectivity index (χ4v) is 3.84. The SMILES string of the molecule is CC(C)c1nc2ccccc2c2c1ncn2CCCCN(OC(=O)OC(C)(C)C)C(=O)C(C)(C)C. The van der Waals surface area contributed by atoms with Crippen molar-refractivity contribution in [1.82, 2.24) is 19.6 Å². The van der Waals surface area contributed by atoms with Gasteiger partial charge >= 0.3 is 6.16 Å². The van der Waals surface area contributed by atoms with Crippen molar-refractivity contribution in [3.63, 3.8) is 0 Å². The highest BCUT2D eigenvalue weighted by atomic mass is 16.8. The summed E-state index contributed by atoms with van der Waals surface area (Å²) in [5.74, 6) is -0.0116. The Labute approximate surface area is 207 Å². The molecule has 0 fully saturated rings. The monoisotopic (exact) mass is 482 g/mol. The summed E-state index contributed by atoms with van der Waals surface area (Å²) in [5.41, 5.74) is 2.55. The van der Waals surface area contributed by atoms with Crippen LogP contribution in [0.15, 0.2) is 30.6 Å². The molecular weight excluding hydrogens is 444 g/mol. The number of aromatic nitrogens is 3. The minimum Gasteiger partial charge on any atom is -0.427 e. The van der Waals surface area contributed by atoms with Gasteiger partial charge in [0.15, 0.2) is 0 Å². The molecule has 8 nitrogen and oxygen atoms in total. The number of carbonyl (C=O) groups is 2. The topological polar surface area (TPSA) is 86.6 Å². The number of rotatable bonds is 6. The Morgan fingerprint density at radius 2 is 1.74 bits per heavy atom. The predicted molar refractivity (Wildman–Crippen MR) is 137 cm³/mol. The summed E-state index contributed by atoms with van der Waals surface area (Å²) in [6, 6.07) is 8.12. The van der Waals surface area contributed by atoms with Gasteiger partial charge in [0.05, 0.1) is 29.6 Å².